The molecular weight excluding hydrogens is 407 g/mol. The fourth-order valence-electron chi connectivity index (χ4n) is 3.76. The molecule has 0 atom stereocenters. The summed E-state index contributed by atoms with van der Waals surface area (Å²) in [5.41, 5.74) is 3.37. The topological polar surface area (TPSA) is 41.4 Å². The Morgan fingerprint density at radius 3 is 2.28 bits per heavy atom. The van der Waals surface area contributed by atoms with Gasteiger partial charge in [-0.25, -0.2) is 4.68 Å². The minimum absolute atomic E-state index is 0.0868. The first-order valence-corrected chi connectivity index (χ1v) is 11.0. The van der Waals surface area contributed by atoms with Crippen molar-refractivity contribution in [3.63, 3.8) is 0 Å². The van der Waals surface area contributed by atoms with E-state index in [2.05, 4.69) is 39.6 Å². The van der Waals surface area contributed by atoms with Crippen molar-refractivity contribution in [2.75, 3.05) is 33.2 Å². The Balaban J connectivity index is 2.13. The van der Waals surface area contributed by atoms with Crippen LogP contribution >= 0.6 is 23.2 Å². The average molecular weight is 437 g/mol. The lowest BCUT2D eigenvalue weighted by Crippen LogP contribution is -2.47. The molecule has 7 heteroatoms. The normalized spacial score (nSPS) is 15.6. The first-order chi connectivity index (χ1) is 13.7. The molecule has 2 aromatic rings. The molecule has 0 unspecified atom stereocenters. The maximum Gasteiger partial charge on any atom is 0.257 e. The van der Waals surface area contributed by atoms with Crippen molar-refractivity contribution in [3.8, 4) is 5.69 Å². The minimum Gasteiger partial charge on any atom is -0.336 e. The summed E-state index contributed by atoms with van der Waals surface area (Å²) in [7, 11) is 2.09. The van der Waals surface area contributed by atoms with Gasteiger partial charge in [-0.2, -0.15) is 5.10 Å². The van der Waals surface area contributed by atoms with Crippen molar-refractivity contribution >= 4 is 29.1 Å². The number of nitrogens with zero attached hydrogens (tertiary/aromatic N) is 4. The average Bonchev–Trinajstić information content (AvgIpc) is 3.02. The molecule has 0 radical (unpaired) electrons. The highest BCUT2D eigenvalue weighted by atomic mass is 35.5. The van der Waals surface area contributed by atoms with Gasteiger partial charge >= 0.3 is 0 Å². The molecule has 2 heterocycles. The van der Waals surface area contributed by atoms with E-state index in [-0.39, 0.29) is 11.8 Å². The SMILES string of the molecule is CC(C)Cc1nn(-c2ccc(Cl)c(Cl)c2)c(C(C)C)c1C(=O)N1CCN(C)CC1. The van der Waals surface area contributed by atoms with Crippen molar-refractivity contribution in [1.82, 2.24) is 19.6 Å². The number of carbonyl (C=O) groups excluding carboxylic acids is 1. The van der Waals surface area contributed by atoms with Crippen molar-refractivity contribution in [3.05, 3.63) is 45.2 Å². The molecule has 0 aliphatic carbocycles. The maximum atomic E-state index is 13.6. The quantitative estimate of drug-likeness (QED) is 0.669. The second-order valence-corrected chi connectivity index (χ2v) is 9.38. The van der Waals surface area contributed by atoms with Crippen LogP contribution in [0.1, 0.15) is 55.4 Å². The van der Waals surface area contributed by atoms with Gasteiger partial charge in [0.1, 0.15) is 0 Å². The molecule has 0 N–H and O–H groups in total. The highest BCUT2D eigenvalue weighted by Gasteiger charge is 2.31. The molecule has 1 aromatic heterocycles. The summed E-state index contributed by atoms with van der Waals surface area (Å²) in [6, 6.07) is 5.48. The molecule has 158 valence electrons. The van der Waals surface area contributed by atoms with Crippen LogP contribution in [-0.2, 0) is 6.42 Å². The maximum absolute atomic E-state index is 13.6. The number of rotatable bonds is 5. The number of aromatic nitrogens is 2. The molecule has 5 nitrogen and oxygen atoms in total. The van der Waals surface area contributed by atoms with Gasteiger partial charge in [0.2, 0.25) is 0 Å². The number of halogens is 2. The number of hydrogen-bond acceptors (Lipinski definition) is 3. The van der Waals surface area contributed by atoms with Crippen LogP contribution in [0.3, 0.4) is 0 Å². The summed E-state index contributed by atoms with van der Waals surface area (Å²) in [5.74, 6) is 0.610. The van der Waals surface area contributed by atoms with Crippen LogP contribution in [0.15, 0.2) is 18.2 Å². The molecule has 3 rings (SSSR count). The summed E-state index contributed by atoms with van der Waals surface area (Å²) in [6.07, 6.45) is 0.753. The minimum atomic E-state index is 0.0868. The Kier molecular flexibility index (Phi) is 6.92. The van der Waals surface area contributed by atoms with E-state index in [4.69, 9.17) is 28.3 Å². The molecule has 1 aliphatic heterocycles. The Labute approximate surface area is 183 Å². The third-order valence-corrected chi connectivity index (χ3v) is 6.03. The number of piperazine rings is 1. The summed E-state index contributed by atoms with van der Waals surface area (Å²) in [5, 5.41) is 5.88. The lowest BCUT2D eigenvalue weighted by Gasteiger charge is -2.32. The van der Waals surface area contributed by atoms with Crippen LogP contribution in [0.2, 0.25) is 10.0 Å². The van der Waals surface area contributed by atoms with Crippen LogP contribution in [-0.4, -0.2) is 58.7 Å². The molecule has 1 aromatic carbocycles. The van der Waals surface area contributed by atoms with Crippen molar-refractivity contribution < 1.29 is 4.79 Å². The van der Waals surface area contributed by atoms with Crippen LogP contribution in [0.25, 0.3) is 5.69 Å². The lowest BCUT2D eigenvalue weighted by molar-refractivity contribution is 0.0661. The summed E-state index contributed by atoms with van der Waals surface area (Å²) < 4.78 is 1.88. The van der Waals surface area contributed by atoms with E-state index < -0.39 is 0 Å². The van der Waals surface area contributed by atoms with E-state index in [9.17, 15) is 4.79 Å². The summed E-state index contributed by atoms with van der Waals surface area (Å²) in [4.78, 5) is 17.8. The first kappa shape index (κ1) is 22.1. The predicted octanol–water partition coefficient (Wildman–Crippen LogP) is 4.89. The van der Waals surface area contributed by atoms with E-state index in [1.165, 1.54) is 0 Å². The molecule has 0 saturated carbocycles. The summed E-state index contributed by atoms with van der Waals surface area (Å²) >= 11 is 12.4. The molecule has 0 bridgehead atoms. The number of carbonyl (C=O) groups is 1. The molecule has 29 heavy (non-hydrogen) atoms. The van der Waals surface area contributed by atoms with Crippen LogP contribution in [0.5, 0.6) is 0 Å². The number of likely N-dealkylation sites (N-methyl/N-ethyl adjacent to an activating group) is 1. The van der Waals surface area contributed by atoms with Gasteiger partial charge in [0.25, 0.3) is 5.91 Å². The van der Waals surface area contributed by atoms with Crippen molar-refractivity contribution in [1.29, 1.82) is 0 Å². The van der Waals surface area contributed by atoms with E-state index in [1.807, 2.05) is 21.7 Å². The number of amides is 1. The first-order valence-electron chi connectivity index (χ1n) is 10.2. The second-order valence-electron chi connectivity index (χ2n) is 8.57. The molecule has 1 amide bonds. The van der Waals surface area contributed by atoms with Gasteiger partial charge in [-0.1, -0.05) is 50.9 Å². The number of benzene rings is 1. The van der Waals surface area contributed by atoms with Crippen molar-refractivity contribution in [2.45, 2.75) is 40.0 Å². The standard InChI is InChI=1S/C22H30Cl2N4O/c1-14(2)12-19-20(22(29)27-10-8-26(5)9-11-27)21(15(3)4)28(25-19)16-6-7-17(23)18(24)13-16/h6-7,13-15H,8-12H2,1-5H3. The third kappa shape index (κ3) is 4.79. The molecular formula is C22H30Cl2N4O. The van der Waals surface area contributed by atoms with E-state index in [1.54, 1.807) is 6.07 Å². The van der Waals surface area contributed by atoms with Crippen molar-refractivity contribution in [2.24, 2.45) is 5.92 Å². The Bertz CT molecular complexity index is 883. The molecule has 1 fully saturated rings. The zero-order valence-electron chi connectivity index (χ0n) is 17.9. The summed E-state index contributed by atoms with van der Waals surface area (Å²) in [6.45, 7) is 11.8. The van der Waals surface area contributed by atoms with Crippen LogP contribution in [0, 0.1) is 5.92 Å². The molecule has 1 saturated heterocycles. The van der Waals surface area contributed by atoms with E-state index in [0.29, 0.717) is 16.0 Å². The predicted molar refractivity (Wildman–Crippen MR) is 120 cm³/mol. The Morgan fingerprint density at radius 2 is 1.72 bits per heavy atom. The van der Waals surface area contributed by atoms with Gasteiger partial charge in [0.05, 0.1) is 32.7 Å². The highest BCUT2D eigenvalue weighted by molar-refractivity contribution is 6.42. The lowest BCUT2D eigenvalue weighted by atomic mass is 9.97. The molecule has 0 spiro atoms. The monoisotopic (exact) mass is 436 g/mol. The smallest absolute Gasteiger partial charge is 0.257 e. The number of hydrogen-bond donors (Lipinski definition) is 0. The fourth-order valence-corrected chi connectivity index (χ4v) is 4.05. The Hall–Kier alpha value is -1.56. The molecule has 1 aliphatic rings. The zero-order valence-corrected chi connectivity index (χ0v) is 19.4. The largest absolute Gasteiger partial charge is 0.336 e. The van der Waals surface area contributed by atoms with Gasteiger partial charge in [-0.15, -0.1) is 0 Å². The second kappa shape index (κ2) is 9.07. The van der Waals surface area contributed by atoms with Gasteiger partial charge < -0.3 is 9.80 Å². The van der Waals surface area contributed by atoms with Crippen LogP contribution in [0.4, 0.5) is 0 Å². The van der Waals surface area contributed by atoms with Crippen LogP contribution < -0.4 is 0 Å². The zero-order chi connectivity index (χ0) is 21.3. The van der Waals surface area contributed by atoms with Gasteiger partial charge in [-0.3, -0.25) is 4.79 Å². The fraction of sp³-hybridized carbons (Fsp3) is 0.545. The Morgan fingerprint density at radius 1 is 1.07 bits per heavy atom. The third-order valence-electron chi connectivity index (χ3n) is 5.29. The van der Waals surface area contributed by atoms with E-state index in [0.717, 1.165) is 55.2 Å². The van der Waals surface area contributed by atoms with E-state index >= 15 is 0 Å². The van der Waals surface area contributed by atoms with Gasteiger partial charge in [0.15, 0.2) is 0 Å². The van der Waals surface area contributed by atoms with Gasteiger partial charge in [-0.05, 0) is 43.5 Å². The van der Waals surface area contributed by atoms with Gasteiger partial charge in [0, 0.05) is 26.2 Å². The highest BCUT2D eigenvalue weighted by Crippen LogP contribution is 2.31.